The van der Waals surface area contributed by atoms with Crippen molar-refractivity contribution in [3.8, 4) is 0 Å². The van der Waals surface area contributed by atoms with Gasteiger partial charge in [0.2, 0.25) is 0 Å². The van der Waals surface area contributed by atoms with Gasteiger partial charge in [-0.1, -0.05) is 4.13 Å². The van der Waals surface area contributed by atoms with Gasteiger partial charge in [-0.05, 0) is 0 Å². The van der Waals surface area contributed by atoms with Gasteiger partial charge in [0.05, 0.1) is 0 Å². The van der Waals surface area contributed by atoms with Crippen LogP contribution in [-0.4, -0.2) is 33.5 Å². The fourth-order valence-corrected chi connectivity index (χ4v) is 2.90. The third kappa shape index (κ3) is 3.03. The molecule has 0 amide bonds. The Morgan fingerprint density at radius 3 is 1.33 bits per heavy atom. The molecule has 0 radical (unpaired) electrons. The van der Waals surface area contributed by atoms with E-state index in [1.807, 2.05) is 0 Å². The highest BCUT2D eigenvalue weighted by atomic mass is 32.3. The molecule has 0 unspecified atom stereocenters. The zero-order chi connectivity index (χ0) is 15.2. The quantitative estimate of drug-likeness (QED) is 0.781. The lowest BCUT2D eigenvalue weighted by Gasteiger charge is -2.23. The van der Waals surface area contributed by atoms with Crippen molar-refractivity contribution >= 4 is 20.0 Å². The molecular weight excluding hydrogens is 323 g/mol. The summed E-state index contributed by atoms with van der Waals surface area (Å²) in [5.41, 5.74) is -6.25. The molecule has 0 aromatic heterocycles. The summed E-state index contributed by atoms with van der Waals surface area (Å²) in [6.45, 7) is -0.605. The monoisotopic (exact) mass is 327 g/mol. The molecule has 1 N–H and O–H groups in total. The minimum Gasteiger partial charge on any atom is -0.205 e. The molecule has 0 aromatic rings. The summed E-state index contributed by atoms with van der Waals surface area (Å²) in [6, 6.07) is 0. The Morgan fingerprint density at radius 1 is 0.778 bits per heavy atom. The molecular formula is C4H4F7NO4S2. The lowest BCUT2D eigenvalue weighted by atomic mass is 10.4. The average molecular weight is 327 g/mol. The molecule has 110 valence electrons. The molecule has 0 atom stereocenters. The highest BCUT2D eigenvalue weighted by molar-refractivity contribution is 8.05. The Morgan fingerprint density at radius 2 is 1.11 bits per heavy atom. The molecule has 0 bridgehead atoms. The fourth-order valence-electron chi connectivity index (χ4n) is 0.480. The molecule has 0 aliphatic rings. The van der Waals surface area contributed by atoms with E-state index in [4.69, 9.17) is 0 Å². The number of sulfonamides is 2. The molecule has 5 nitrogen and oxygen atoms in total. The Balaban J connectivity index is 5.64. The van der Waals surface area contributed by atoms with Crippen molar-refractivity contribution in [3.63, 3.8) is 0 Å². The predicted molar refractivity (Wildman–Crippen MR) is 42.6 cm³/mol. The highest BCUT2D eigenvalue weighted by Gasteiger charge is 2.65. The second kappa shape index (κ2) is 4.19. The number of hydrogen-bond donors (Lipinski definition) is 1. The molecule has 18 heavy (non-hydrogen) atoms. The van der Waals surface area contributed by atoms with E-state index in [1.165, 1.54) is 0 Å². The zero-order valence-corrected chi connectivity index (χ0v) is 9.73. The average Bonchev–Trinajstić information content (AvgIpc) is 1.96. The maximum Gasteiger partial charge on any atom is 0.512 e. The Hall–Kier alpha value is -0.630. The van der Waals surface area contributed by atoms with E-state index in [2.05, 4.69) is 0 Å². The van der Waals surface area contributed by atoms with Gasteiger partial charge in [0.15, 0.2) is 0 Å². The standard InChI is InChI=1S/C4H4F7NO4S2/c1-2(5,6)3(7,8)17(13,14)12-18(15,16)4(9,10)11/h12H,1H3. The van der Waals surface area contributed by atoms with Gasteiger partial charge in [0.25, 0.3) is 10.0 Å². The molecule has 0 aliphatic carbocycles. The summed E-state index contributed by atoms with van der Waals surface area (Å²) in [6.07, 6.45) is 0. The lowest BCUT2D eigenvalue weighted by Crippen LogP contribution is -2.53. The minimum absolute atomic E-state index is 0.491. The largest absolute Gasteiger partial charge is 0.512 e. The van der Waals surface area contributed by atoms with Crippen LogP contribution in [0.3, 0.4) is 0 Å². The van der Waals surface area contributed by atoms with E-state index in [1.54, 1.807) is 0 Å². The molecule has 0 rings (SSSR count). The van der Waals surface area contributed by atoms with Gasteiger partial charge < -0.3 is 0 Å². The van der Waals surface area contributed by atoms with Crippen LogP contribution in [0.25, 0.3) is 0 Å². The molecule has 0 saturated carbocycles. The third-order valence-electron chi connectivity index (χ3n) is 1.37. The molecule has 0 fully saturated rings. The van der Waals surface area contributed by atoms with Gasteiger partial charge in [0.1, 0.15) is 0 Å². The van der Waals surface area contributed by atoms with E-state index in [9.17, 15) is 47.6 Å². The van der Waals surface area contributed by atoms with Crippen LogP contribution in [0, 0.1) is 0 Å². The third-order valence-corrected chi connectivity index (χ3v) is 4.77. The van der Waals surface area contributed by atoms with Crippen LogP contribution < -0.4 is 4.13 Å². The van der Waals surface area contributed by atoms with Crippen LogP contribution in [0.2, 0.25) is 0 Å². The van der Waals surface area contributed by atoms with Crippen LogP contribution in [0.4, 0.5) is 30.7 Å². The fraction of sp³-hybridized carbons (Fsp3) is 1.00. The molecule has 14 heteroatoms. The highest BCUT2D eigenvalue weighted by Crippen LogP contribution is 2.38. The summed E-state index contributed by atoms with van der Waals surface area (Å²) < 4.78 is 126. The van der Waals surface area contributed by atoms with E-state index in [0.717, 1.165) is 0 Å². The van der Waals surface area contributed by atoms with Gasteiger partial charge >= 0.3 is 26.7 Å². The maximum absolute atomic E-state index is 12.6. The number of nitrogens with one attached hydrogen (secondary N) is 1. The number of halogens is 7. The lowest BCUT2D eigenvalue weighted by molar-refractivity contribution is -0.143. The van der Waals surface area contributed by atoms with Crippen molar-refractivity contribution in [3.05, 3.63) is 0 Å². The van der Waals surface area contributed by atoms with Gasteiger partial charge in [-0.3, -0.25) is 0 Å². The SMILES string of the molecule is CC(F)(F)C(F)(F)S(=O)(=O)NS(=O)(=O)C(F)(F)F. The minimum atomic E-state index is -6.80. The number of alkyl halides is 7. The molecule has 0 saturated heterocycles. The Labute approximate surface area is 96.1 Å². The summed E-state index contributed by atoms with van der Waals surface area (Å²) in [4.78, 5) is 0. The second-order valence-electron chi connectivity index (χ2n) is 2.94. The van der Waals surface area contributed by atoms with E-state index < -0.39 is 47.8 Å². The first-order valence-corrected chi connectivity index (χ1v) is 6.52. The van der Waals surface area contributed by atoms with Crippen molar-refractivity contribution in [1.82, 2.24) is 4.13 Å². The van der Waals surface area contributed by atoms with Crippen LogP contribution in [0.15, 0.2) is 0 Å². The van der Waals surface area contributed by atoms with Crippen molar-refractivity contribution in [2.24, 2.45) is 0 Å². The van der Waals surface area contributed by atoms with Gasteiger partial charge in [-0.25, -0.2) is 16.8 Å². The van der Waals surface area contributed by atoms with Crippen LogP contribution in [0.1, 0.15) is 6.92 Å². The van der Waals surface area contributed by atoms with Crippen LogP contribution >= 0.6 is 0 Å². The van der Waals surface area contributed by atoms with Crippen molar-refractivity contribution in [2.75, 3.05) is 0 Å². The normalized spacial score (nSPS) is 15.8. The van der Waals surface area contributed by atoms with Gasteiger partial charge in [0, 0.05) is 6.92 Å². The maximum atomic E-state index is 12.6. The molecule has 0 aliphatic heterocycles. The van der Waals surface area contributed by atoms with Crippen molar-refractivity contribution in [1.29, 1.82) is 0 Å². The smallest absolute Gasteiger partial charge is 0.205 e. The van der Waals surface area contributed by atoms with Crippen LogP contribution in [0.5, 0.6) is 0 Å². The molecule has 0 aromatic carbocycles. The topological polar surface area (TPSA) is 80.3 Å². The van der Waals surface area contributed by atoms with E-state index in [-0.39, 0.29) is 0 Å². The molecule has 0 heterocycles. The first-order valence-electron chi connectivity index (χ1n) is 3.56. The molecule has 0 spiro atoms. The summed E-state index contributed by atoms with van der Waals surface area (Å²) in [7, 11) is -13.5. The van der Waals surface area contributed by atoms with Crippen molar-refractivity contribution < 1.29 is 47.6 Å². The van der Waals surface area contributed by atoms with E-state index >= 15 is 0 Å². The predicted octanol–water partition coefficient (Wildman–Crippen LogP) is 1.00. The Kier molecular flexibility index (Phi) is 4.05. The Bertz CT molecular complexity index is 513. The van der Waals surface area contributed by atoms with Gasteiger partial charge in [-0.15, -0.1) is 0 Å². The first kappa shape index (κ1) is 17.4. The first-order chi connectivity index (χ1) is 7.46. The number of hydrogen-bond acceptors (Lipinski definition) is 4. The zero-order valence-electron chi connectivity index (χ0n) is 8.10. The number of rotatable bonds is 4. The summed E-state index contributed by atoms with van der Waals surface area (Å²) >= 11 is 0. The summed E-state index contributed by atoms with van der Waals surface area (Å²) in [5.74, 6) is -5.29. The van der Waals surface area contributed by atoms with E-state index in [0.29, 0.717) is 0 Å². The second-order valence-corrected chi connectivity index (χ2v) is 6.60. The van der Waals surface area contributed by atoms with Gasteiger partial charge in [-0.2, -0.15) is 30.7 Å². The summed E-state index contributed by atoms with van der Waals surface area (Å²) in [5, 5.41) is -6.04. The van der Waals surface area contributed by atoms with Crippen LogP contribution in [-0.2, 0) is 20.0 Å². The van der Waals surface area contributed by atoms with Crippen molar-refractivity contribution in [2.45, 2.75) is 23.6 Å².